The molecule has 1 unspecified atom stereocenters. The molecule has 0 radical (unpaired) electrons. The Bertz CT molecular complexity index is 734. The molecule has 7 heteroatoms. The Morgan fingerprint density at radius 1 is 1.28 bits per heavy atom. The number of benzene rings is 1. The van der Waals surface area contributed by atoms with Crippen LogP contribution in [0.3, 0.4) is 0 Å². The van der Waals surface area contributed by atoms with Gasteiger partial charge in [-0.2, -0.15) is 5.10 Å². The Balaban J connectivity index is 0.00000300. The van der Waals surface area contributed by atoms with Crippen molar-refractivity contribution >= 4 is 29.9 Å². The maximum Gasteiger partial charge on any atom is 0.193 e. The summed E-state index contributed by atoms with van der Waals surface area (Å²) in [6.07, 6.45) is 7.36. The molecule has 0 spiro atoms. The summed E-state index contributed by atoms with van der Waals surface area (Å²) in [4.78, 5) is 7.22. The van der Waals surface area contributed by atoms with Crippen molar-refractivity contribution in [2.24, 2.45) is 12.0 Å². The van der Waals surface area contributed by atoms with Crippen LogP contribution in [0.4, 0.5) is 0 Å². The van der Waals surface area contributed by atoms with Crippen LogP contribution in [0.2, 0.25) is 0 Å². The van der Waals surface area contributed by atoms with Gasteiger partial charge in [-0.1, -0.05) is 30.3 Å². The third kappa shape index (κ3) is 7.62. The molecule has 2 aromatic rings. The van der Waals surface area contributed by atoms with Crippen molar-refractivity contribution in [1.29, 1.82) is 0 Å². The van der Waals surface area contributed by atoms with Crippen LogP contribution in [0, 0.1) is 0 Å². The zero-order chi connectivity index (χ0) is 19.6. The van der Waals surface area contributed by atoms with E-state index in [0.717, 1.165) is 58.0 Å². The lowest BCUT2D eigenvalue weighted by molar-refractivity contribution is 0.117. The topological polar surface area (TPSA) is 54.7 Å². The summed E-state index contributed by atoms with van der Waals surface area (Å²) >= 11 is 0. The molecule has 0 aliphatic carbocycles. The molecule has 1 saturated heterocycles. The quantitative estimate of drug-likeness (QED) is 0.241. The van der Waals surface area contributed by atoms with Crippen LogP contribution in [0.25, 0.3) is 0 Å². The number of hydrogen-bond acceptors (Lipinski definition) is 3. The van der Waals surface area contributed by atoms with Crippen molar-refractivity contribution in [3.8, 4) is 0 Å². The third-order valence-electron chi connectivity index (χ3n) is 5.09. The van der Waals surface area contributed by atoms with Crippen LogP contribution >= 0.6 is 24.0 Å². The van der Waals surface area contributed by atoms with Crippen molar-refractivity contribution in [2.45, 2.75) is 38.7 Å². The fourth-order valence-corrected chi connectivity index (χ4v) is 3.57. The Labute approximate surface area is 191 Å². The zero-order valence-electron chi connectivity index (χ0n) is 17.6. The fourth-order valence-electron chi connectivity index (χ4n) is 3.57. The van der Waals surface area contributed by atoms with Gasteiger partial charge in [0.15, 0.2) is 5.96 Å². The van der Waals surface area contributed by atoms with Gasteiger partial charge in [-0.05, 0) is 37.3 Å². The second-order valence-electron chi connectivity index (χ2n) is 7.36. The number of aliphatic imine (C=N–C) groups is 1. The zero-order valence-corrected chi connectivity index (χ0v) is 19.9. The predicted molar refractivity (Wildman–Crippen MR) is 129 cm³/mol. The first-order valence-corrected chi connectivity index (χ1v) is 10.4. The predicted octanol–water partition coefficient (Wildman–Crippen LogP) is 3.79. The maximum absolute atomic E-state index is 5.76. The highest BCUT2D eigenvalue weighted by molar-refractivity contribution is 14.0. The number of ether oxygens (including phenoxy) is 1. The van der Waals surface area contributed by atoms with E-state index in [1.165, 1.54) is 11.1 Å². The number of likely N-dealkylation sites (tertiary alicyclic amines) is 1. The van der Waals surface area contributed by atoms with Gasteiger partial charge in [0.25, 0.3) is 0 Å². The highest BCUT2D eigenvalue weighted by atomic mass is 127. The number of halogens is 1. The van der Waals surface area contributed by atoms with Gasteiger partial charge in [0, 0.05) is 51.9 Å². The van der Waals surface area contributed by atoms with Gasteiger partial charge >= 0.3 is 0 Å². The SMILES string of the molecule is CCNC(=NCCCCOCc1ccccc1)N1CCC(c2cnn(C)c2)C1.I. The summed E-state index contributed by atoms with van der Waals surface area (Å²) in [5, 5.41) is 7.76. The first kappa shape index (κ1) is 23.7. The molecule has 1 atom stereocenters. The molecule has 0 bridgehead atoms. The van der Waals surface area contributed by atoms with Crippen molar-refractivity contribution in [2.75, 3.05) is 32.8 Å². The largest absolute Gasteiger partial charge is 0.377 e. The molecule has 0 amide bonds. The van der Waals surface area contributed by atoms with Crippen LogP contribution in [-0.2, 0) is 18.4 Å². The molecule has 1 aromatic heterocycles. The van der Waals surface area contributed by atoms with E-state index in [-0.39, 0.29) is 24.0 Å². The van der Waals surface area contributed by atoms with E-state index in [9.17, 15) is 0 Å². The lowest BCUT2D eigenvalue weighted by Crippen LogP contribution is -2.40. The molecule has 1 N–H and O–H groups in total. The van der Waals surface area contributed by atoms with Crippen molar-refractivity contribution in [1.82, 2.24) is 20.0 Å². The molecule has 1 aromatic carbocycles. The van der Waals surface area contributed by atoms with E-state index < -0.39 is 0 Å². The van der Waals surface area contributed by atoms with Gasteiger partial charge in [-0.3, -0.25) is 9.67 Å². The lowest BCUT2D eigenvalue weighted by Gasteiger charge is -2.21. The number of rotatable bonds is 9. The maximum atomic E-state index is 5.76. The summed E-state index contributed by atoms with van der Waals surface area (Å²) in [5.74, 6) is 1.59. The molecule has 1 fully saturated rings. The summed E-state index contributed by atoms with van der Waals surface area (Å²) in [6, 6.07) is 10.3. The molecular formula is C22H34IN5O. The number of aryl methyl sites for hydroxylation is 1. The molecule has 2 heterocycles. The van der Waals surface area contributed by atoms with E-state index in [1.807, 2.05) is 36.1 Å². The molecule has 160 valence electrons. The Morgan fingerprint density at radius 2 is 2.10 bits per heavy atom. The van der Waals surface area contributed by atoms with Crippen molar-refractivity contribution in [3.63, 3.8) is 0 Å². The number of guanidine groups is 1. The van der Waals surface area contributed by atoms with Gasteiger partial charge in [-0.15, -0.1) is 24.0 Å². The minimum atomic E-state index is 0. The van der Waals surface area contributed by atoms with Crippen molar-refractivity contribution in [3.05, 3.63) is 53.9 Å². The summed E-state index contributed by atoms with van der Waals surface area (Å²) < 4.78 is 7.64. The van der Waals surface area contributed by atoms with E-state index in [1.54, 1.807) is 0 Å². The van der Waals surface area contributed by atoms with E-state index in [0.29, 0.717) is 12.5 Å². The van der Waals surface area contributed by atoms with Crippen LogP contribution in [-0.4, -0.2) is 53.4 Å². The summed E-state index contributed by atoms with van der Waals surface area (Å²) in [6.45, 7) is 7.40. The Hall–Kier alpha value is -1.61. The number of nitrogens with zero attached hydrogens (tertiary/aromatic N) is 4. The van der Waals surface area contributed by atoms with Crippen molar-refractivity contribution < 1.29 is 4.74 Å². The highest BCUT2D eigenvalue weighted by Gasteiger charge is 2.26. The van der Waals surface area contributed by atoms with Crippen LogP contribution in [0.15, 0.2) is 47.7 Å². The average Bonchev–Trinajstić information content (AvgIpc) is 3.36. The molecule has 1 aliphatic rings. The normalized spacial score (nSPS) is 16.7. The second kappa shape index (κ2) is 12.8. The summed E-state index contributed by atoms with van der Waals surface area (Å²) in [5.41, 5.74) is 2.56. The number of hydrogen-bond donors (Lipinski definition) is 1. The molecule has 0 saturated carbocycles. The Kier molecular flexibility index (Phi) is 10.5. The van der Waals surface area contributed by atoms with Gasteiger partial charge in [0.2, 0.25) is 0 Å². The van der Waals surface area contributed by atoms with Crippen LogP contribution < -0.4 is 5.32 Å². The van der Waals surface area contributed by atoms with E-state index in [4.69, 9.17) is 9.73 Å². The number of nitrogens with one attached hydrogen (secondary N) is 1. The number of unbranched alkanes of at least 4 members (excludes halogenated alkanes) is 1. The van der Waals surface area contributed by atoms with Gasteiger partial charge in [0.05, 0.1) is 12.8 Å². The molecule has 3 rings (SSSR count). The Morgan fingerprint density at radius 3 is 2.83 bits per heavy atom. The second-order valence-corrected chi connectivity index (χ2v) is 7.36. The lowest BCUT2D eigenvalue weighted by atomic mass is 10.0. The first-order valence-electron chi connectivity index (χ1n) is 10.4. The van der Waals surface area contributed by atoms with Crippen LogP contribution in [0.5, 0.6) is 0 Å². The average molecular weight is 511 g/mol. The molecular weight excluding hydrogens is 477 g/mol. The monoisotopic (exact) mass is 511 g/mol. The van der Waals surface area contributed by atoms with E-state index >= 15 is 0 Å². The minimum Gasteiger partial charge on any atom is -0.377 e. The molecule has 29 heavy (non-hydrogen) atoms. The molecule has 6 nitrogen and oxygen atoms in total. The first-order chi connectivity index (χ1) is 13.8. The standard InChI is InChI=1S/C22H33N5O.HI/c1-3-23-22(27-13-11-20(17-27)21-15-25-26(2)16-21)24-12-7-8-14-28-18-19-9-5-4-6-10-19;/h4-6,9-10,15-16,20H,3,7-8,11-14,17-18H2,1-2H3,(H,23,24);1H. The third-order valence-corrected chi connectivity index (χ3v) is 5.09. The minimum absolute atomic E-state index is 0. The fraction of sp³-hybridized carbons (Fsp3) is 0.545. The van der Waals surface area contributed by atoms with E-state index in [2.05, 4.69) is 40.6 Å². The van der Waals surface area contributed by atoms with Crippen LogP contribution in [0.1, 0.15) is 43.2 Å². The van der Waals surface area contributed by atoms with Gasteiger partial charge < -0.3 is 15.0 Å². The smallest absolute Gasteiger partial charge is 0.193 e. The highest BCUT2D eigenvalue weighted by Crippen LogP contribution is 2.26. The number of aromatic nitrogens is 2. The summed E-state index contributed by atoms with van der Waals surface area (Å²) in [7, 11) is 1.98. The van der Waals surface area contributed by atoms with Gasteiger partial charge in [0.1, 0.15) is 0 Å². The van der Waals surface area contributed by atoms with Gasteiger partial charge in [-0.25, -0.2) is 0 Å². The molecule has 1 aliphatic heterocycles.